The normalized spacial score (nSPS) is 16.0. The molecule has 22 heavy (non-hydrogen) atoms. The van der Waals surface area contributed by atoms with E-state index in [-0.39, 0.29) is 17.3 Å². The molecule has 0 spiro atoms. The first-order valence-electron chi connectivity index (χ1n) is 7.44. The van der Waals surface area contributed by atoms with E-state index in [2.05, 4.69) is 9.88 Å². The zero-order valence-corrected chi connectivity index (χ0v) is 13.4. The first-order chi connectivity index (χ1) is 10.4. The van der Waals surface area contributed by atoms with Crippen LogP contribution in [0.15, 0.2) is 9.59 Å². The van der Waals surface area contributed by atoms with Gasteiger partial charge in [-0.3, -0.25) is 13.9 Å². The number of hydrogen-bond donors (Lipinski definition) is 0. The van der Waals surface area contributed by atoms with Gasteiger partial charge < -0.3 is 14.2 Å². The van der Waals surface area contributed by atoms with Crippen molar-refractivity contribution in [2.75, 3.05) is 31.2 Å². The van der Waals surface area contributed by atoms with Gasteiger partial charge in [0.2, 0.25) is 5.95 Å². The lowest BCUT2D eigenvalue weighted by molar-refractivity contribution is 0.121. The van der Waals surface area contributed by atoms with E-state index >= 15 is 0 Å². The van der Waals surface area contributed by atoms with Crippen LogP contribution in [0.5, 0.6) is 0 Å². The summed E-state index contributed by atoms with van der Waals surface area (Å²) in [6, 6.07) is 0.0630. The number of aromatic nitrogens is 4. The molecule has 1 saturated heterocycles. The van der Waals surface area contributed by atoms with Crippen molar-refractivity contribution in [3.8, 4) is 0 Å². The third-order valence-corrected chi connectivity index (χ3v) is 4.08. The predicted molar refractivity (Wildman–Crippen MR) is 83.6 cm³/mol. The van der Waals surface area contributed by atoms with Crippen molar-refractivity contribution in [2.45, 2.75) is 19.9 Å². The summed E-state index contributed by atoms with van der Waals surface area (Å²) >= 11 is 0. The van der Waals surface area contributed by atoms with Crippen molar-refractivity contribution >= 4 is 17.1 Å². The number of morpholine rings is 1. The fourth-order valence-corrected chi connectivity index (χ4v) is 2.88. The number of nitrogens with zero attached hydrogens (tertiary/aromatic N) is 5. The van der Waals surface area contributed by atoms with Gasteiger partial charge in [0.1, 0.15) is 0 Å². The zero-order chi connectivity index (χ0) is 16.0. The van der Waals surface area contributed by atoms with E-state index in [1.165, 1.54) is 11.6 Å². The summed E-state index contributed by atoms with van der Waals surface area (Å²) in [6.07, 6.45) is 0. The van der Waals surface area contributed by atoms with Crippen molar-refractivity contribution in [1.82, 2.24) is 18.7 Å². The van der Waals surface area contributed by atoms with Crippen LogP contribution in [-0.2, 0) is 18.8 Å². The van der Waals surface area contributed by atoms with Crippen LogP contribution >= 0.6 is 0 Å². The predicted octanol–water partition coefficient (Wildman–Crippen LogP) is -0.149. The average molecular weight is 307 g/mol. The van der Waals surface area contributed by atoms with Gasteiger partial charge in [0.25, 0.3) is 5.56 Å². The third kappa shape index (κ3) is 2.06. The molecule has 0 aromatic carbocycles. The molecule has 120 valence electrons. The monoisotopic (exact) mass is 307 g/mol. The molecule has 8 heteroatoms. The van der Waals surface area contributed by atoms with Crippen LogP contribution in [0.25, 0.3) is 11.2 Å². The second kappa shape index (κ2) is 5.28. The molecule has 1 fully saturated rings. The Bertz CT molecular complexity index is 824. The van der Waals surface area contributed by atoms with Gasteiger partial charge in [-0.1, -0.05) is 0 Å². The molecule has 0 amide bonds. The topological polar surface area (TPSA) is 74.3 Å². The fraction of sp³-hybridized carbons (Fsp3) is 0.643. The van der Waals surface area contributed by atoms with Crippen LogP contribution in [0.3, 0.4) is 0 Å². The number of ether oxygens (including phenoxy) is 1. The first-order valence-corrected chi connectivity index (χ1v) is 7.44. The Morgan fingerprint density at radius 1 is 1.09 bits per heavy atom. The van der Waals surface area contributed by atoms with E-state index in [4.69, 9.17) is 4.74 Å². The molecule has 0 bridgehead atoms. The number of rotatable bonds is 2. The van der Waals surface area contributed by atoms with E-state index in [9.17, 15) is 9.59 Å². The van der Waals surface area contributed by atoms with Crippen molar-refractivity contribution in [3.05, 3.63) is 20.8 Å². The van der Waals surface area contributed by atoms with Crippen molar-refractivity contribution in [2.24, 2.45) is 14.1 Å². The quantitative estimate of drug-likeness (QED) is 0.771. The number of aryl methyl sites for hydroxylation is 1. The summed E-state index contributed by atoms with van der Waals surface area (Å²) in [4.78, 5) is 31.4. The smallest absolute Gasteiger partial charge is 0.332 e. The van der Waals surface area contributed by atoms with Gasteiger partial charge in [-0.2, -0.15) is 4.98 Å². The Morgan fingerprint density at radius 2 is 1.73 bits per heavy atom. The lowest BCUT2D eigenvalue weighted by atomic mass is 10.3. The minimum Gasteiger partial charge on any atom is -0.378 e. The average Bonchev–Trinajstić information content (AvgIpc) is 2.92. The molecule has 2 aromatic rings. The zero-order valence-electron chi connectivity index (χ0n) is 13.4. The van der Waals surface area contributed by atoms with Gasteiger partial charge in [0.15, 0.2) is 11.2 Å². The van der Waals surface area contributed by atoms with Gasteiger partial charge in [0.05, 0.1) is 13.2 Å². The molecule has 3 rings (SSSR count). The number of hydrogen-bond acceptors (Lipinski definition) is 5. The van der Waals surface area contributed by atoms with E-state index in [0.717, 1.165) is 23.6 Å². The van der Waals surface area contributed by atoms with Gasteiger partial charge in [-0.05, 0) is 13.8 Å². The van der Waals surface area contributed by atoms with E-state index in [1.807, 2.05) is 18.4 Å². The minimum absolute atomic E-state index is 0.0630. The Hall–Kier alpha value is -2.09. The Labute approximate surface area is 127 Å². The summed E-state index contributed by atoms with van der Waals surface area (Å²) < 4.78 is 9.86. The molecular formula is C14H21N5O3. The molecule has 0 unspecified atom stereocenters. The van der Waals surface area contributed by atoms with Crippen LogP contribution < -0.4 is 16.1 Å². The van der Waals surface area contributed by atoms with Gasteiger partial charge in [0, 0.05) is 33.2 Å². The summed E-state index contributed by atoms with van der Waals surface area (Å²) in [5.41, 5.74) is 0.239. The van der Waals surface area contributed by atoms with Gasteiger partial charge in [-0.25, -0.2) is 4.79 Å². The number of imidazole rings is 1. The highest BCUT2D eigenvalue weighted by Gasteiger charge is 2.25. The maximum absolute atomic E-state index is 12.6. The second-order valence-electron chi connectivity index (χ2n) is 5.85. The second-order valence-corrected chi connectivity index (χ2v) is 5.85. The molecule has 3 heterocycles. The SMILES string of the molecule is CC(C)n1c(N2CCOCC2)nc2c1c(=O)n(C)c(=O)n2C. The van der Waals surface area contributed by atoms with Gasteiger partial charge in [-0.15, -0.1) is 0 Å². The fourth-order valence-electron chi connectivity index (χ4n) is 2.88. The molecule has 1 aliphatic rings. The van der Waals surface area contributed by atoms with E-state index < -0.39 is 0 Å². The number of fused-ring (bicyclic) bond motifs is 1. The third-order valence-electron chi connectivity index (χ3n) is 4.08. The summed E-state index contributed by atoms with van der Waals surface area (Å²) in [5.74, 6) is 0.728. The molecular weight excluding hydrogens is 286 g/mol. The maximum Gasteiger partial charge on any atom is 0.332 e. The van der Waals surface area contributed by atoms with Crippen molar-refractivity contribution < 1.29 is 4.74 Å². The lowest BCUT2D eigenvalue weighted by Crippen LogP contribution is -2.39. The highest BCUT2D eigenvalue weighted by molar-refractivity contribution is 5.74. The minimum atomic E-state index is -0.362. The largest absolute Gasteiger partial charge is 0.378 e. The van der Waals surface area contributed by atoms with Crippen molar-refractivity contribution in [1.29, 1.82) is 0 Å². The van der Waals surface area contributed by atoms with Crippen LogP contribution in [0.4, 0.5) is 5.95 Å². The molecule has 0 atom stereocenters. The molecule has 0 radical (unpaired) electrons. The molecule has 0 saturated carbocycles. The van der Waals surface area contributed by atoms with E-state index in [1.54, 1.807) is 7.05 Å². The molecule has 0 aliphatic carbocycles. The van der Waals surface area contributed by atoms with Crippen LogP contribution in [0.1, 0.15) is 19.9 Å². The van der Waals surface area contributed by atoms with Crippen LogP contribution in [0.2, 0.25) is 0 Å². The number of anilines is 1. The molecule has 2 aromatic heterocycles. The Balaban J connectivity index is 2.36. The summed E-state index contributed by atoms with van der Waals surface area (Å²) in [7, 11) is 3.14. The van der Waals surface area contributed by atoms with Crippen molar-refractivity contribution in [3.63, 3.8) is 0 Å². The standard InChI is InChI=1S/C14H21N5O3/c1-9(2)19-10-11(16(3)14(21)17(4)12(10)20)15-13(19)18-5-7-22-8-6-18/h9H,5-8H2,1-4H3. The molecule has 1 aliphatic heterocycles. The molecule has 0 N–H and O–H groups in total. The summed E-state index contributed by atoms with van der Waals surface area (Å²) in [6.45, 7) is 6.75. The van der Waals surface area contributed by atoms with E-state index in [0.29, 0.717) is 24.4 Å². The van der Waals surface area contributed by atoms with Gasteiger partial charge >= 0.3 is 5.69 Å². The summed E-state index contributed by atoms with van der Waals surface area (Å²) in [5, 5.41) is 0. The first kappa shape index (κ1) is 14.8. The highest BCUT2D eigenvalue weighted by atomic mass is 16.5. The lowest BCUT2D eigenvalue weighted by Gasteiger charge is -2.29. The van der Waals surface area contributed by atoms with Crippen LogP contribution in [-0.4, -0.2) is 45.0 Å². The Morgan fingerprint density at radius 3 is 2.32 bits per heavy atom. The van der Waals surface area contributed by atoms with Crippen LogP contribution in [0, 0.1) is 0 Å². The maximum atomic E-state index is 12.6. The highest BCUT2D eigenvalue weighted by Crippen LogP contribution is 2.24. The Kier molecular flexibility index (Phi) is 3.56. The molecule has 8 nitrogen and oxygen atoms in total.